The van der Waals surface area contributed by atoms with Crippen LogP contribution in [0.2, 0.25) is 0 Å². The van der Waals surface area contributed by atoms with Crippen LogP contribution in [0.25, 0.3) is 0 Å². The zero-order valence-corrected chi connectivity index (χ0v) is 13.7. The van der Waals surface area contributed by atoms with Crippen LogP contribution >= 0.6 is 0 Å². The highest BCUT2D eigenvalue weighted by atomic mass is 16.6. The molecule has 0 aromatic heterocycles. The summed E-state index contributed by atoms with van der Waals surface area (Å²) in [7, 11) is 1.66. The zero-order valence-electron chi connectivity index (χ0n) is 13.7. The number of hydrogen-bond acceptors (Lipinski definition) is 3. The Labute approximate surface area is 122 Å². The van der Waals surface area contributed by atoms with Gasteiger partial charge in [-0.05, 0) is 39.5 Å². The molecule has 2 N–H and O–H groups in total. The van der Waals surface area contributed by atoms with Gasteiger partial charge in [-0.2, -0.15) is 0 Å². The number of hydrogen-bond donors (Lipinski definition) is 2. The minimum Gasteiger partial charge on any atom is -0.444 e. The lowest BCUT2D eigenvalue weighted by Crippen LogP contribution is -2.33. The highest BCUT2D eigenvalue weighted by molar-refractivity contribution is 5.78. The summed E-state index contributed by atoms with van der Waals surface area (Å²) in [6.07, 6.45) is 2.48. The van der Waals surface area contributed by atoms with E-state index in [4.69, 9.17) is 4.74 Å². The quantitative estimate of drug-likeness (QED) is 0.707. The molecule has 5 nitrogen and oxygen atoms in total. The molecule has 2 amide bonds. The van der Waals surface area contributed by atoms with Crippen molar-refractivity contribution in [2.75, 3.05) is 13.6 Å². The molecule has 2 unspecified atom stereocenters. The molecule has 0 aromatic carbocycles. The molecule has 0 rings (SSSR count). The second kappa shape index (κ2) is 8.82. The average Bonchev–Trinajstić information content (AvgIpc) is 2.34. The van der Waals surface area contributed by atoms with Crippen LogP contribution in [0.3, 0.4) is 0 Å². The fourth-order valence-corrected chi connectivity index (χ4v) is 1.83. The van der Waals surface area contributed by atoms with Gasteiger partial charge in [0, 0.05) is 19.5 Å². The minimum absolute atomic E-state index is 0.0267. The maximum Gasteiger partial charge on any atom is 0.407 e. The van der Waals surface area contributed by atoms with Crippen LogP contribution < -0.4 is 10.6 Å². The van der Waals surface area contributed by atoms with E-state index in [0.717, 1.165) is 19.3 Å². The first-order chi connectivity index (χ1) is 9.17. The molecule has 0 bridgehead atoms. The van der Waals surface area contributed by atoms with Gasteiger partial charge >= 0.3 is 6.09 Å². The Bertz CT molecular complexity index is 311. The summed E-state index contributed by atoms with van der Waals surface area (Å²) in [6, 6.07) is 0. The largest absolute Gasteiger partial charge is 0.444 e. The van der Waals surface area contributed by atoms with Crippen molar-refractivity contribution >= 4 is 12.0 Å². The molecule has 0 fully saturated rings. The van der Waals surface area contributed by atoms with Crippen molar-refractivity contribution < 1.29 is 14.3 Å². The van der Waals surface area contributed by atoms with Crippen molar-refractivity contribution in [1.82, 2.24) is 10.6 Å². The summed E-state index contributed by atoms with van der Waals surface area (Å²) < 4.78 is 5.15. The Morgan fingerprint density at radius 2 is 1.75 bits per heavy atom. The van der Waals surface area contributed by atoms with Crippen LogP contribution in [0.15, 0.2) is 0 Å². The first kappa shape index (κ1) is 18.7. The lowest BCUT2D eigenvalue weighted by atomic mass is 9.90. The highest BCUT2D eigenvalue weighted by Gasteiger charge is 2.18. The molecular formula is C15H30N2O3. The fourth-order valence-electron chi connectivity index (χ4n) is 1.83. The molecule has 118 valence electrons. The van der Waals surface area contributed by atoms with E-state index in [2.05, 4.69) is 17.6 Å². The SMILES string of the molecule is CNC(=O)C(C)C(C)CCCCNC(=O)OC(C)(C)C. The number of carbonyl (C=O) groups is 2. The lowest BCUT2D eigenvalue weighted by Gasteiger charge is -2.20. The molecule has 0 aromatic rings. The Kier molecular flexibility index (Phi) is 8.26. The molecule has 0 radical (unpaired) electrons. The van der Waals surface area contributed by atoms with Crippen molar-refractivity contribution in [3.05, 3.63) is 0 Å². The molecule has 0 aliphatic rings. The number of ether oxygens (including phenoxy) is 1. The summed E-state index contributed by atoms with van der Waals surface area (Å²) in [6.45, 7) is 10.2. The van der Waals surface area contributed by atoms with Crippen molar-refractivity contribution in [3.8, 4) is 0 Å². The molecular weight excluding hydrogens is 256 g/mol. The summed E-state index contributed by atoms with van der Waals surface area (Å²) >= 11 is 0. The summed E-state index contributed by atoms with van der Waals surface area (Å²) in [5.41, 5.74) is -0.457. The van der Waals surface area contributed by atoms with Crippen LogP contribution in [0.4, 0.5) is 4.79 Å². The Hall–Kier alpha value is -1.26. The van der Waals surface area contributed by atoms with E-state index in [-0.39, 0.29) is 17.9 Å². The van der Waals surface area contributed by atoms with Crippen LogP contribution in [-0.4, -0.2) is 31.2 Å². The van der Waals surface area contributed by atoms with Crippen molar-refractivity contribution in [3.63, 3.8) is 0 Å². The van der Waals surface area contributed by atoms with Gasteiger partial charge in [-0.25, -0.2) is 4.79 Å². The van der Waals surface area contributed by atoms with E-state index in [1.54, 1.807) is 7.05 Å². The Balaban J connectivity index is 3.72. The molecule has 0 saturated heterocycles. The van der Waals surface area contributed by atoms with Gasteiger partial charge in [-0.1, -0.05) is 20.3 Å². The van der Waals surface area contributed by atoms with E-state index in [9.17, 15) is 9.59 Å². The average molecular weight is 286 g/mol. The zero-order chi connectivity index (χ0) is 15.8. The monoisotopic (exact) mass is 286 g/mol. The van der Waals surface area contributed by atoms with E-state index in [0.29, 0.717) is 12.5 Å². The summed E-state index contributed by atoms with van der Waals surface area (Å²) in [5, 5.41) is 5.41. The maximum absolute atomic E-state index is 11.5. The summed E-state index contributed by atoms with van der Waals surface area (Å²) in [5.74, 6) is 0.458. The van der Waals surface area contributed by atoms with Crippen LogP contribution in [0, 0.1) is 11.8 Å². The molecule has 0 spiro atoms. The van der Waals surface area contributed by atoms with E-state index >= 15 is 0 Å². The molecule has 0 aliphatic carbocycles. The molecule has 0 aliphatic heterocycles. The van der Waals surface area contributed by atoms with Gasteiger partial charge in [-0.3, -0.25) is 4.79 Å². The van der Waals surface area contributed by atoms with Crippen LogP contribution in [0.1, 0.15) is 53.9 Å². The normalized spacial score (nSPS) is 14.3. The Morgan fingerprint density at radius 3 is 2.25 bits per heavy atom. The number of alkyl carbamates (subject to hydrolysis) is 1. The van der Waals surface area contributed by atoms with Crippen molar-refractivity contribution in [2.24, 2.45) is 11.8 Å². The van der Waals surface area contributed by atoms with Gasteiger partial charge in [0.2, 0.25) is 5.91 Å². The summed E-state index contributed by atoms with van der Waals surface area (Å²) in [4.78, 5) is 22.9. The third-order valence-electron chi connectivity index (χ3n) is 3.27. The number of carbonyl (C=O) groups excluding carboxylic acids is 2. The van der Waals surface area contributed by atoms with Crippen LogP contribution in [-0.2, 0) is 9.53 Å². The smallest absolute Gasteiger partial charge is 0.407 e. The predicted octanol–water partition coefficient (Wildman–Crippen LogP) is 2.70. The third-order valence-corrected chi connectivity index (χ3v) is 3.27. The molecule has 0 heterocycles. The second-order valence-electron chi connectivity index (χ2n) is 6.30. The van der Waals surface area contributed by atoms with E-state index < -0.39 is 5.60 Å². The first-order valence-electron chi connectivity index (χ1n) is 7.36. The number of nitrogens with one attached hydrogen (secondary N) is 2. The first-order valence-corrected chi connectivity index (χ1v) is 7.36. The van der Waals surface area contributed by atoms with E-state index in [1.165, 1.54) is 0 Å². The van der Waals surface area contributed by atoms with Gasteiger partial charge in [-0.15, -0.1) is 0 Å². The lowest BCUT2D eigenvalue weighted by molar-refractivity contribution is -0.125. The van der Waals surface area contributed by atoms with Crippen LogP contribution in [0.5, 0.6) is 0 Å². The van der Waals surface area contributed by atoms with E-state index in [1.807, 2.05) is 27.7 Å². The van der Waals surface area contributed by atoms with Crippen molar-refractivity contribution in [2.45, 2.75) is 59.5 Å². The second-order valence-corrected chi connectivity index (χ2v) is 6.30. The molecule has 5 heteroatoms. The molecule has 20 heavy (non-hydrogen) atoms. The van der Waals surface area contributed by atoms with Crippen molar-refractivity contribution in [1.29, 1.82) is 0 Å². The molecule has 0 saturated carbocycles. The number of unbranched alkanes of at least 4 members (excludes halogenated alkanes) is 1. The topological polar surface area (TPSA) is 67.4 Å². The number of amides is 2. The highest BCUT2D eigenvalue weighted by Crippen LogP contribution is 2.17. The minimum atomic E-state index is -0.457. The van der Waals surface area contributed by atoms with Gasteiger partial charge in [0.15, 0.2) is 0 Å². The standard InChI is InChI=1S/C15H30N2O3/c1-11(12(2)13(18)16-6)9-7-8-10-17-14(19)20-15(3,4)5/h11-12H,7-10H2,1-6H3,(H,16,18)(H,17,19). The molecule has 2 atom stereocenters. The Morgan fingerprint density at radius 1 is 1.15 bits per heavy atom. The predicted molar refractivity (Wildman–Crippen MR) is 80.5 cm³/mol. The third kappa shape index (κ3) is 8.77. The van der Waals surface area contributed by atoms with Gasteiger partial charge in [0.1, 0.15) is 5.60 Å². The maximum atomic E-state index is 11.5. The fraction of sp³-hybridized carbons (Fsp3) is 0.867. The van der Waals surface area contributed by atoms with Gasteiger partial charge in [0.05, 0.1) is 0 Å². The van der Waals surface area contributed by atoms with Gasteiger partial charge < -0.3 is 15.4 Å². The van der Waals surface area contributed by atoms with Gasteiger partial charge in [0.25, 0.3) is 0 Å². The number of rotatable bonds is 7.